The van der Waals surface area contributed by atoms with Crippen molar-refractivity contribution in [1.29, 1.82) is 0 Å². The van der Waals surface area contributed by atoms with E-state index in [0.717, 1.165) is 11.4 Å². The van der Waals surface area contributed by atoms with Gasteiger partial charge in [0.05, 0.1) is 16.3 Å². The number of nitrogens with two attached hydrogens (primary N) is 1. The number of anilines is 2. The van der Waals surface area contributed by atoms with Crippen LogP contribution >= 0.6 is 23.8 Å². The summed E-state index contributed by atoms with van der Waals surface area (Å²) in [6, 6.07) is 15.6. The van der Waals surface area contributed by atoms with E-state index >= 15 is 0 Å². The maximum Gasteiger partial charge on any atom is 0.107 e. The molecule has 92 valence electrons. The van der Waals surface area contributed by atoms with E-state index in [1.807, 2.05) is 54.4 Å². The van der Waals surface area contributed by atoms with Crippen LogP contribution in [0.5, 0.6) is 0 Å². The minimum Gasteiger partial charge on any atom is -0.389 e. The molecule has 2 rings (SSSR count). The van der Waals surface area contributed by atoms with E-state index in [2.05, 4.69) is 0 Å². The average molecular weight is 277 g/mol. The number of nitrogens with zero attached hydrogens (tertiary/aromatic N) is 1. The summed E-state index contributed by atoms with van der Waals surface area (Å²) < 4.78 is 0. The first kappa shape index (κ1) is 12.9. The zero-order chi connectivity index (χ0) is 13.1. The molecule has 0 saturated carbocycles. The minimum atomic E-state index is 0.304. The summed E-state index contributed by atoms with van der Waals surface area (Å²) in [4.78, 5) is 2.32. The molecule has 0 bridgehead atoms. The highest BCUT2D eigenvalue weighted by atomic mass is 35.5. The van der Waals surface area contributed by atoms with Crippen LogP contribution in [0, 0.1) is 0 Å². The molecule has 2 N–H and O–H groups in total. The summed E-state index contributed by atoms with van der Waals surface area (Å²) in [6.45, 7) is 0. The second-order valence-corrected chi connectivity index (χ2v) is 4.74. The fraction of sp³-hybridized carbons (Fsp3) is 0.0714. The molecule has 0 amide bonds. The van der Waals surface area contributed by atoms with Crippen LogP contribution < -0.4 is 10.6 Å². The van der Waals surface area contributed by atoms with E-state index in [1.54, 1.807) is 6.07 Å². The van der Waals surface area contributed by atoms with Gasteiger partial charge in [-0.3, -0.25) is 0 Å². The quantitative estimate of drug-likeness (QED) is 0.866. The molecule has 0 aliphatic heterocycles. The molecule has 0 atom stereocenters. The van der Waals surface area contributed by atoms with Crippen LogP contribution in [0.4, 0.5) is 11.4 Å². The maximum atomic E-state index is 6.16. The number of hydrogen-bond acceptors (Lipinski definition) is 2. The molecule has 4 heteroatoms. The lowest BCUT2D eigenvalue weighted by Gasteiger charge is -2.22. The summed E-state index contributed by atoms with van der Waals surface area (Å²) in [5.74, 6) is 0. The Kier molecular flexibility index (Phi) is 3.84. The highest BCUT2D eigenvalue weighted by molar-refractivity contribution is 7.80. The molecule has 2 aromatic rings. The largest absolute Gasteiger partial charge is 0.389 e. The summed E-state index contributed by atoms with van der Waals surface area (Å²) >= 11 is 11.2. The Bertz CT molecular complexity index is 569. The van der Waals surface area contributed by atoms with Crippen molar-refractivity contribution >= 4 is 40.2 Å². The molecule has 2 nitrogen and oxygen atoms in total. The third-order valence-electron chi connectivity index (χ3n) is 2.74. The predicted molar refractivity (Wildman–Crippen MR) is 81.8 cm³/mol. The van der Waals surface area contributed by atoms with Crippen LogP contribution in [0.2, 0.25) is 5.02 Å². The standard InChI is InChI=1S/C14H13ClN2S/c1-17(10-6-3-2-4-7-10)12-9-5-8-11(15)13(12)14(16)18/h2-9H,1H3,(H2,16,18). The van der Waals surface area contributed by atoms with Gasteiger partial charge in [-0.15, -0.1) is 0 Å². The van der Waals surface area contributed by atoms with Gasteiger partial charge in [0, 0.05) is 12.7 Å². The molecule has 0 saturated heterocycles. The summed E-state index contributed by atoms with van der Waals surface area (Å²) in [5, 5.41) is 0.572. The first-order valence-electron chi connectivity index (χ1n) is 5.48. The SMILES string of the molecule is CN(c1ccccc1)c1cccc(Cl)c1C(N)=S. The van der Waals surface area contributed by atoms with Crippen LogP contribution in [0.25, 0.3) is 0 Å². The van der Waals surface area contributed by atoms with Crippen molar-refractivity contribution in [2.75, 3.05) is 11.9 Å². The number of para-hydroxylation sites is 1. The van der Waals surface area contributed by atoms with Gasteiger partial charge in [-0.1, -0.05) is 48.1 Å². The smallest absolute Gasteiger partial charge is 0.107 e. The van der Waals surface area contributed by atoms with Crippen molar-refractivity contribution in [3.8, 4) is 0 Å². The molecule has 0 heterocycles. The van der Waals surface area contributed by atoms with Crippen LogP contribution in [-0.4, -0.2) is 12.0 Å². The lowest BCUT2D eigenvalue weighted by molar-refractivity contribution is 1.20. The Balaban J connectivity index is 2.52. The first-order valence-corrected chi connectivity index (χ1v) is 6.27. The van der Waals surface area contributed by atoms with Gasteiger partial charge in [0.2, 0.25) is 0 Å². The van der Waals surface area contributed by atoms with Crippen LogP contribution in [0.15, 0.2) is 48.5 Å². The van der Waals surface area contributed by atoms with Crippen molar-refractivity contribution < 1.29 is 0 Å². The van der Waals surface area contributed by atoms with Gasteiger partial charge < -0.3 is 10.6 Å². The van der Waals surface area contributed by atoms with Crippen molar-refractivity contribution in [3.05, 3.63) is 59.1 Å². The van der Waals surface area contributed by atoms with Gasteiger partial charge in [0.1, 0.15) is 4.99 Å². The molecule has 2 aromatic carbocycles. The topological polar surface area (TPSA) is 29.3 Å². The van der Waals surface area contributed by atoms with Crippen LogP contribution in [0.3, 0.4) is 0 Å². The normalized spacial score (nSPS) is 10.1. The van der Waals surface area contributed by atoms with E-state index in [9.17, 15) is 0 Å². The van der Waals surface area contributed by atoms with Crippen molar-refractivity contribution in [2.45, 2.75) is 0 Å². The Morgan fingerprint density at radius 3 is 2.39 bits per heavy atom. The van der Waals surface area contributed by atoms with Crippen molar-refractivity contribution in [2.24, 2.45) is 5.73 Å². The molecular weight excluding hydrogens is 264 g/mol. The molecule has 0 radical (unpaired) electrons. The van der Waals surface area contributed by atoms with E-state index < -0.39 is 0 Å². The van der Waals surface area contributed by atoms with E-state index in [1.165, 1.54) is 0 Å². The Labute approximate surface area is 117 Å². The third kappa shape index (κ3) is 2.47. The van der Waals surface area contributed by atoms with Gasteiger partial charge >= 0.3 is 0 Å². The number of thiocarbonyl (C=S) groups is 1. The van der Waals surface area contributed by atoms with Gasteiger partial charge in [0.15, 0.2) is 0 Å². The maximum absolute atomic E-state index is 6.16. The lowest BCUT2D eigenvalue weighted by atomic mass is 10.1. The molecular formula is C14H13ClN2S. The Morgan fingerprint density at radius 1 is 1.11 bits per heavy atom. The van der Waals surface area contributed by atoms with Crippen LogP contribution in [0.1, 0.15) is 5.56 Å². The van der Waals surface area contributed by atoms with E-state index in [0.29, 0.717) is 15.6 Å². The van der Waals surface area contributed by atoms with Crippen molar-refractivity contribution in [3.63, 3.8) is 0 Å². The highest BCUT2D eigenvalue weighted by Crippen LogP contribution is 2.31. The second-order valence-electron chi connectivity index (χ2n) is 3.89. The fourth-order valence-corrected chi connectivity index (χ4v) is 2.37. The van der Waals surface area contributed by atoms with E-state index in [4.69, 9.17) is 29.6 Å². The monoisotopic (exact) mass is 276 g/mol. The minimum absolute atomic E-state index is 0.304. The van der Waals surface area contributed by atoms with E-state index in [-0.39, 0.29) is 0 Å². The van der Waals surface area contributed by atoms with Crippen molar-refractivity contribution in [1.82, 2.24) is 0 Å². The van der Waals surface area contributed by atoms with Crippen LogP contribution in [-0.2, 0) is 0 Å². The summed E-state index contributed by atoms with van der Waals surface area (Å²) in [7, 11) is 1.96. The number of halogens is 1. The molecule has 0 fully saturated rings. The number of benzene rings is 2. The number of rotatable bonds is 3. The second kappa shape index (κ2) is 5.38. The highest BCUT2D eigenvalue weighted by Gasteiger charge is 2.13. The Hall–Kier alpha value is -1.58. The molecule has 0 aliphatic rings. The van der Waals surface area contributed by atoms with Gasteiger partial charge in [-0.2, -0.15) is 0 Å². The third-order valence-corrected chi connectivity index (χ3v) is 3.26. The zero-order valence-corrected chi connectivity index (χ0v) is 11.5. The van der Waals surface area contributed by atoms with Gasteiger partial charge in [-0.05, 0) is 24.3 Å². The lowest BCUT2D eigenvalue weighted by Crippen LogP contribution is -2.18. The average Bonchev–Trinajstić information content (AvgIpc) is 2.38. The molecule has 0 aliphatic carbocycles. The predicted octanol–water partition coefficient (Wildman–Crippen LogP) is 3.74. The van der Waals surface area contributed by atoms with Gasteiger partial charge in [-0.25, -0.2) is 0 Å². The summed E-state index contributed by atoms with van der Waals surface area (Å²) in [5.41, 5.74) is 8.42. The number of hydrogen-bond donors (Lipinski definition) is 1. The molecule has 0 aromatic heterocycles. The zero-order valence-electron chi connectivity index (χ0n) is 9.93. The first-order chi connectivity index (χ1) is 8.61. The fourth-order valence-electron chi connectivity index (χ4n) is 1.83. The molecule has 0 unspecified atom stereocenters. The molecule has 18 heavy (non-hydrogen) atoms. The summed E-state index contributed by atoms with van der Waals surface area (Å²) in [6.07, 6.45) is 0. The van der Waals surface area contributed by atoms with Gasteiger partial charge in [0.25, 0.3) is 0 Å². The molecule has 0 spiro atoms. The Morgan fingerprint density at radius 2 is 1.78 bits per heavy atom.